The summed E-state index contributed by atoms with van der Waals surface area (Å²) in [4.78, 5) is 0. The summed E-state index contributed by atoms with van der Waals surface area (Å²) in [7, 11) is 0. The smallest absolute Gasteiger partial charge is 0.0567 e. The molecule has 1 heterocycles. The molecule has 4 aromatic rings. The summed E-state index contributed by atoms with van der Waals surface area (Å²) < 4.78 is 3.24. The van der Waals surface area contributed by atoms with Crippen molar-refractivity contribution >= 4 is 49.3 Å². The molecule has 0 amide bonds. The lowest BCUT2D eigenvalue weighted by Crippen LogP contribution is -1.92. The average molecular weight is 357 g/mol. The van der Waals surface area contributed by atoms with Crippen LogP contribution in [-0.4, -0.2) is 4.57 Å². The Kier molecular flexibility index (Phi) is 3.02. The molecule has 3 aromatic carbocycles. The van der Waals surface area contributed by atoms with Crippen LogP contribution in [0.3, 0.4) is 0 Å². The van der Waals surface area contributed by atoms with E-state index in [1.165, 1.54) is 10.9 Å². The van der Waals surface area contributed by atoms with E-state index in [9.17, 15) is 0 Å². The summed E-state index contributed by atoms with van der Waals surface area (Å²) in [5.74, 6) is 0. The van der Waals surface area contributed by atoms with Gasteiger partial charge < -0.3 is 4.57 Å². The molecule has 0 atom stereocenters. The molecule has 0 spiro atoms. The molecule has 102 valence electrons. The van der Waals surface area contributed by atoms with Crippen LogP contribution < -0.4 is 0 Å². The van der Waals surface area contributed by atoms with Crippen molar-refractivity contribution in [1.29, 1.82) is 0 Å². The molecule has 4 rings (SSSR count). The normalized spacial score (nSPS) is 11.3. The molecule has 3 heteroatoms. The van der Waals surface area contributed by atoms with Gasteiger partial charge >= 0.3 is 0 Å². The number of nitrogens with zero attached hydrogens (tertiary/aromatic N) is 1. The average Bonchev–Trinajstić information content (AvgIpc) is 2.82. The highest BCUT2D eigenvalue weighted by atomic mass is 79.9. The van der Waals surface area contributed by atoms with E-state index in [1.54, 1.807) is 0 Å². The molecule has 0 aliphatic carbocycles. The lowest BCUT2D eigenvalue weighted by atomic mass is 10.1. The Labute approximate surface area is 135 Å². The van der Waals surface area contributed by atoms with E-state index in [4.69, 9.17) is 11.6 Å². The Morgan fingerprint density at radius 2 is 1.52 bits per heavy atom. The monoisotopic (exact) mass is 355 g/mol. The van der Waals surface area contributed by atoms with Gasteiger partial charge in [-0.15, -0.1) is 0 Å². The van der Waals surface area contributed by atoms with Crippen LogP contribution in [0.1, 0.15) is 0 Å². The fourth-order valence-corrected chi connectivity index (χ4v) is 3.76. The van der Waals surface area contributed by atoms with Gasteiger partial charge in [0.05, 0.1) is 16.1 Å². The van der Waals surface area contributed by atoms with Crippen molar-refractivity contribution < 1.29 is 0 Å². The Morgan fingerprint density at radius 1 is 0.810 bits per heavy atom. The first-order valence-electron chi connectivity index (χ1n) is 6.69. The maximum Gasteiger partial charge on any atom is 0.0567 e. The van der Waals surface area contributed by atoms with Gasteiger partial charge in [0.25, 0.3) is 0 Å². The van der Waals surface area contributed by atoms with Gasteiger partial charge in [-0.05, 0) is 30.3 Å². The summed E-state index contributed by atoms with van der Waals surface area (Å²) in [6.07, 6.45) is 0. The fourth-order valence-electron chi connectivity index (χ4n) is 2.87. The van der Waals surface area contributed by atoms with Crippen LogP contribution in [0.5, 0.6) is 0 Å². The van der Waals surface area contributed by atoms with Crippen LogP contribution in [0, 0.1) is 0 Å². The number of hydrogen-bond acceptors (Lipinski definition) is 0. The number of aromatic nitrogens is 1. The first-order chi connectivity index (χ1) is 10.3. The maximum atomic E-state index is 6.50. The van der Waals surface area contributed by atoms with Crippen LogP contribution in [0.15, 0.2) is 71.2 Å². The predicted octanol–water partition coefficient (Wildman–Crippen LogP) is 6.20. The van der Waals surface area contributed by atoms with Crippen LogP contribution in [0.4, 0.5) is 0 Å². The molecule has 0 saturated heterocycles. The van der Waals surface area contributed by atoms with Crippen molar-refractivity contribution in [2.24, 2.45) is 0 Å². The van der Waals surface area contributed by atoms with Crippen molar-refractivity contribution in [2.75, 3.05) is 0 Å². The first kappa shape index (κ1) is 12.9. The summed E-state index contributed by atoms with van der Waals surface area (Å²) in [6.45, 7) is 0. The van der Waals surface area contributed by atoms with E-state index in [-0.39, 0.29) is 0 Å². The third kappa shape index (κ3) is 1.98. The van der Waals surface area contributed by atoms with Crippen molar-refractivity contribution in [3.8, 4) is 5.69 Å². The summed E-state index contributed by atoms with van der Waals surface area (Å²) in [5.41, 5.74) is 3.42. The van der Waals surface area contributed by atoms with Gasteiger partial charge in [-0.3, -0.25) is 0 Å². The van der Waals surface area contributed by atoms with Crippen molar-refractivity contribution in [1.82, 2.24) is 4.57 Å². The van der Waals surface area contributed by atoms with E-state index in [2.05, 4.69) is 75.1 Å². The SMILES string of the molecule is Clc1cc(Br)cc2c1c1ccccc1n2-c1ccccc1. The molecular weight excluding hydrogens is 346 g/mol. The van der Waals surface area contributed by atoms with E-state index in [0.717, 1.165) is 26.1 Å². The summed E-state index contributed by atoms with van der Waals surface area (Å²) in [5, 5.41) is 3.04. The van der Waals surface area contributed by atoms with E-state index in [1.807, 2.05) is 12.1 Å². The van der Waals surface area contributed by atoms with Crippen molar-refractivity contribution in [3.05, 3.63) is 76.2 Å². The fraction of sp³-hybridized carbons (Fsp3) is 0. The Balaban J connectivity index is 2.27. The number of halogens is 2. The van der Waals surface area contributed by atoms with Crippen LogP contribution in [0.2, 0.25) is 5.02 Å². The second-order valence-corrected chi connectivity index (χ2v) is 6.29. The van der Waals surface area contributed by atoms with Gasteiger partial charge in [-0.1, -0.05) is 63.9 Å². The van der Waals surface area contributed by atoms with Gasteiger partial charge in [0.1, 0.15) is 0 Å². The predicted molar refractivity (Wildman–Crippen MR) is 93.5 cm³/mol. The van der Waals surface area contributed by atoms with E-state index in [0.29, 0.717) is 0 Å². The number of rotatable bonds is 1. The largest absolute Gasteiger partial charge is 0.309 e. The zero-order chi connectivity index (χ0) is 14.4. The molecule has 0 bridgehead atoms. The number of hydrogen-bond donors (Lipinski definition) is 0. The number of fused-ring (bicyclic) bond motifs is 3. The molecular formula is C18H11BrClN. The molecule has 0 aliphatic rings. The van der Waals surface area contributed by atoms with E-state index >= 15 is 0 Å². The minimum Gasteiger partial charge on any atom is -0.309 e. The molecule has 0 aliphatic heterocycles. The number of benzene rings is 3. The van der Waals surface area contributed by atoms with Crippen LogP contribution in [0.25, 0.3) is 27.5 Å². The Hall–Kier alpha value is -1.77. The molecule has 1 nitrogen and oxygen atoms in total. The van der Waals surface area contributed by atoms with E-state index < -0.39 is 0 Å². The molecule has 0 N–H and O–H groups in total. The summed E-state index contributed by atoms with van der Waals surface area (Å²) in [6, 6.07) is 22.8. The van der Waals surface area contributed by atoms with Crippen molar-refractivity contribution in [2.45, 2.75) is 0 Å². The molecule has 21 heavy (non-hydrogen) atoms. The molecule has 1 aromatic heterocycles. The Bertz CT molecular complexity index is 957. The second kappa shape index (κ2) is 4.90. The van der Waals surface area contributed by atoms with Crippen LogP contribution >= 0.6 is 27.5 Å². The Morgan fingerprint density at radius 3 is 2.33 bits per heavy atom. The minimum absolute atomic E-state index is 0.769. The molecule has 0 saturated carbocycles. The number of para-hydroxylation sites is 2. The highest BCUT2D eigenvalue weighted by molar-refractivity contribution is 9.10. The maximum absolute atomic E-state index is 6.50. The van der Waals surface area contributed by atoms with Crippen molar-refractivity contribution in [3.63, 3.8) is 0 Å². The third-order valence-electron chi connectivity index (χ3n) is 3.70. The zero-order valence-electron chi connectivity index (χ0n) is 11.1. The lowest BCUT2D eigenvalue weighted by Gasteiger charge is -2.07. The topological polar surface area (TPSA) is 4.93 Å². The molecule has 0 fully saturated rings. The third-order valence-corrected chi connectivity index (χ3v) is 4.46. The minimum atomic E-state index is 0.769. The van der Waals surface area contributed by atoms with Crippen LogP contribution in [-0.2, 0) is 0 Å². The quantitative estimate of drug-likeness (QED) is 0.382. The molecule has 0 unspecified atom stereocenters. The zero-order valence-corrected chi connectivity index (χ0v) is 13.4. The first-order valence-corrected chi connectivity index (χ1v) is 7.86. The molecule has 0 radical (unpaired) electrons. The van der Waals surface area contributed by atoms with Gasteiger partial charge in [-0.2, -0.15) is 0 Å². The standard InChI is InChI=1S/C18H11BrClN/c19-12-10-15(20)18-14-8-4-5-9-16(14)21(17(18)11-12)13-6-2-1-3-7-13/h1-11H. The van der Waals surface area contributed by atoms with Gasteiger partial charge in [0, 0.05) is 20.9 Å². The van der Waals surface area contributed by atoms with Gasteiger partial charge in [0.2, 0.25) is 0 Å². The van der Waals surface area contributed by atoms with Gasteiger partial charge in [0.15, 0.2) is 0 Å². The highest BCUT2D eigenvalue weighted by Gasteiger charge is 2.14. The van der Waals surface area contributed by atoms with Gasteiger partial charge in [-0.25, -0.2) is 0 Å². The second-order valence-electron chi connectivity index (χ2n) is 4.97. The lowest BCUT2D eigenvalue weighted by molar-refractivity contribution is 1.18. The summed E-state index contributed by atoms with van der Waals surface area (Å²) >= 11 is 10.0. The highest BCUT2D eigenvalue weighted by Crippen LogP contribution is 2.37.